The Hall–Kier alpha value is -2.18. The molecule has 0 aliphatic carbocycles. The number of aromatic nitrogens is 2. The molecule has 0 bridgehead atoms. The zero-order chi connectivity index (χ0) is 13.7. The predicted molar refractivity (Wildman–Crippen MR) is 63.9 cm³/mol. The minimum absolute atomic E-state index is 0.166. The molecule has 7 heteroatoms. The lowest BCUT2D eigenvalue weighted by Crippen LogP contribution is -2.19. The minimum atomic E-state index is -4.35. The Bertz CT molecular complexity index is 511. The first-order valence-corrected chi connectivity index (χ1v) is 5.55. The third kappa shape index (κ3) is 4.20. The molecule has 0 fully saturated rings. The maximum atomic E-state index is 12.1. The van der Waals surface area contributed by atoms with Crippen LogP contribution in [0.4, 0.5) is 18.9 Å². The lowest BCUT2D eigenvalue weighted by atomic mass is 10.3. The van der Waals surface area contributed by atoms with Crippen molar-refractivity contribution in [1.82, 2.24) is 10.2 Å². The molecular weight excluding hydrogens is 259 g/mol. The fourth-order valence-corrected chi connectivity index (χ4v) is 1.47. The van der Waals surface area contributed by atoms with Crippen molar-refractivity contribution in [2.75, 3.05) is 11.9 Å². The van der Waals surface area contributed by atoms with E-state index in [0.29, 0.717) is 12.2 Å². The molecule has 0 unspecified atom stereocenters. The molecule has 0 spiro atoms. The van der Waals surface area contributed by atoms with Crippen molar-refractivity contribution < 1.29 is 17.9 Å². The van der Waals surface area contributed by atoms with Crippen LogP contribution in [0, 0.1) is 0 Å². The molecule has 1 heterocycles. The molecule has 0 atom stereocenters. The number of aromatic amines is 1. The summed E-state index contributed by atoms with van der Waals surface area (Å²) in [6.45, 7) is -0.887. The minimum Gasteiger partial charge on any atom is -0.482 e. The Labute approximate surface area is 107 Å². The largest absolute Gasteiger partial charge is 0.482 e. The van der Waals surface area contributed by atoms with Crippen LogP contribution in [0.25, 0.3) is 0 Å². The van der Waals surface area contributed by atoms with E-state index in [2.05, 4.69) is 15.5 Å². The number of anilines is 1. The highest BCUT2D eigenvalue weighted by Crippen LogP contribution is 2.26. The second-order valence-electron chi connectivity index (χ2n) is 3.84. The van der Waals surface area contributed by atoms with Gasteiger partial charge in [-0.2, -0.15) is 18.3 Å². The summed E-state index contributed by atoms with van der Waals surface area (Å²) in [5.74, 6) is 0.166. The van der Waals surface area contributed by atoms with E-state index in [9.17, 15) is 13.2 Å². The summed E-state index contributed by atoms with van der Waals surface area (Å²) >= 11 is 0. The van der Waals surface area contributed by atoms with Crippen molar-refractivity contribution in [1.29, 1.82) is 0 Å². The maximum Gasteiger partial charge on any atom is 0.422 e. The van der Waals surface area contributed by atoms with Gasteiger partial charge in [0.2, 0.25) is 0 Å². The molecule has 0 aliphatic heterocycles. The summed E-state index contributed by atoms with van der Waals surface area (Å²) in [6.07, 6.45) is -2.75. The topological polar surface area (TPSA) is 49.9 Å². The molecule has 2 N–H and O–H groups in total. The molecular formula is C12H12F3N3O. The van der Waals surface area contributed by atoms with Crippen LogP contribution in [0.1, 0.15) is 5.69 Å². The van der Waals surface area contributed by atoms with Crippen molar-refractivity contribution in [3.63, 3.8) is 0 Å². The van der Waals surface area contributed by atoms with Gasteiger partial charge in [-0.3, -0.25) is 5.10 Å². The fourth-order valence-electron chi connectivity index (χ4n) is 1.47. The number of hydrogen-bond donors (Lipinski definition) is 2. The van der Waals surface area contributed by atoms with Crippen LogP contribution in [-0.2, 0) is 6.54 Å². The summed E-state index contributed by atoms with van der Waals surface area (Å²) in [5.41, 5.74) is 1.33. The molecule has 2 rings (SSSR count). The Morgan fingerprint density at radius 3 is 2.68 bits per heavy atom. The third-order valence-corrected chi connectivity index (χ3v) is 2.31. The standard InChI is InChI=1S/C12H12F3N3O/c13-12(14,15)8-19-11-4-2-1-3-10(11)16-7-9-5-6-17-18-9/h1-6,16H,7-8H2,(H,17,18). The molecule has 0 amide bonds. The molecule has 0 radical (unpaired) electrons. The van der Waals surface area contributed by atoms with E-state index in [1.165, 1.54) is 6.07 Å². The maximum absolute atomic E-state index is 12.1. The number of benzene rings is 1. The van der Waals surface area contributed by atoms with Crippen LogP contribution in [0.2, 0.25) is 0 Å². The monoisotopic (exact) mass is 271 g/mol. The Morgan fingerprint density at radius 2 is 2.00 bits per heavy atom. The van der Waals surface area contributed by atoms with Gasteiger partial charge in [-0.15, -0.1) is 0 Å². The smallest absolute Gasteiger partial charge is 0.422 e. The van der Waals surface area contributed by atoms with Crippen LogP contribution >= 0.6 is 0 Å². The first-order valence-electron chi connectivity index (χ1n) is 5.55. The van der Waals surface area contributed by atoms with Crippen molar-refractivity contribution in [3.05, 3.63) is 42.2 Å². The van der Waals surface area contributed by atoms with Gasteiger partial charge < -0.3 is 10.1 Å². The second kappa shape index (κ2) is 5.64. The molecule has 0 aliphatic rings. The first kappa shape index (κ1) is 13.3. The number of rotatable bonds is 5. The summed E-state index contributed by atoms with van der Waals surface area (Å²) in [4.78, 5) is 0. The van der Waals surface area contributed by atoms with Gasteiger partial charge in [0, 0.05) is 6.20 Å². The SMILES string of the molecule is FC(F)(F)COc1ccccc1NCc1ccn[nH]1. The van der Waals surface area contributed by atoms with E-state index in [1.807, 2.05) is 0 Å². The number of para-hydroxylation sites is 2. The fraction of sp³-hybridized carbons (Fsp3) is 0.250. The molecule has 2 aromatic rings. The van der Waals surface area contributed by atoms with Crippen molar-refractivity contribution in [2.45, 2.75) is 12.7 Å². The highest BCUT2D eigenvalue weighted by atomic mass is 19.4. The van der Waals surface area contributed by atoms with Crippen LogP contribution in [0.15, 0.2) is 36.5 Å². The van der Waals surface area contributed by atoms with Gasteiger partial charge in [0.05, 0.1) is 17.9 Å². The van der Waals surface area contributed by atoms with Crippen LogP contribution in [0.3, 0.4) is 0 Å². The van der Waals surface area contributed by atoms with E-state index in [1.54, 1.807) is 30.5 Å². The summed E-state index contributed by atoms with van der Waals surface area (Å²) in [5, 5.41) is 9.52. The quantitative estimate of drug-likeness (QED) is 0.879. The lowest BCUT2D eigenvalue weighted by molar-refractivity contribution is -0.153. The first-order chi connectivity index (χ1) is 9.04. The second-order valence-corrected chi connectivity index (χ2v) is 3.84. The van der Waals surface area contributed by atoms with Gasteiger partial charge in [-0.1, -0.05) is 12.1 Å². The van der Waals surface area contributed by atoms with Gasteiger partial charge in [0.15, 0.2) is 6.61 Å². The molecule has 19 heavy (non-hydrogen) atoms. The number of nitrogens with one attached hydrogen (secondary N) is 2. The number of H-pyrrole nitrogens is 1. The van der Waals surface area contributed by atoms with Gasteiger partial charge in [0.25, 0.3) is 0 Å². The summed E-state index contributed by atoms with van der Waals surface area (Å²) in [6, 6.07) is 8.25. The molecule has 4 nitrogen and oxygen atoms in total. The van der Waals surface area contributed by atoms with E-state index >= 15 is 0 Å². The zero-order valence-corrected chi connectivity index (χ0v) is 9.87. The summed E-state index contributed by atoms with van der Waals surface area (Å²) in [7, 11) is 0. The van der Waals surface area contributed by atoms with Crippen LogP contribution < -0.4 is 10.1 Å². The van der Waals surface area contributed by atoms with Gasteiger partial charge in [-0.25, -0.2) is 0 Å². The Morgan fingerprint density at radius 1 is 1.21 bits per heavy atom. The molecule has 1 aromatic carbocycles. The zero-order valence-electron chi connectivity index (χ0n) is 9.87. The van der Waals surface area contributed by atoms with Gasteiger partial charge >= 0.3 is 6.18 Å². The highest BCUT2D eigenvalue weighted by Gasteiger charge is 2.28. The number of ether oxygens (including phenoxy) is 1. The Kier molecular flexibility index (Phi) is 3.94. The third-order valence-electron chi connectivity index (χ3n) is 2.31. The van der Waals surface area contributed by atoms with Crippen molar-refractivity contribution in [2.24, 2.45) is 0 Å². The average Bonchev–Trinajstić information content (AvgIpc) is 2.87. The van der Waals surface area contributed by atoms with Crippen LogP contribution in [0.5, 0.6) is 5.75 Å². The number of nitrogens with zero attached hydrogens (tertiary/aromatic N) is 1. The average molecular weight is 271 g/mol. The highest BCUT2D eigenvalue weighted by molar-refractivity contribution is 5.56. The molecule has 1 aromatic heterocycles. The van der Waals surface area contributed by atoms with Gasteiger partial charge in [-0.05, 0) is 18.2 Å². The number of alkyl halides is 3. The van der Waals surface area contributed by atoms with E-state index in [4.69, 9.17) is 4.74 Å². The number of hydrogen-bond acceptors (Lipinski definition) is 3. The van der Waals surface area contributed by atoms with E-state index in [0.717, 1.165) is 5.69 Å². The molecule has 0 saturated heterocycles. The van der Waals surface area contributed by atoms with Gasteiger partial charge in [0.1, 0.15) is 5.75 Å². The number of halogens is 3. The van der Waals surface area contributed by atoms with Crippen LogP contribution in [-0.4, -0.2) is 23.0 Å². The molecule has 0 saturated carbocycles. The summed E-state index contributed by atoms with van der Waals surface area (Å²) < 4.78 is 41.1. The van der Waals surface area contributed by atoms with E-state index in [-0.39, 0.29) is 5.75 Å². The molecule has 102 valence electrons. The predicted octanol–water partition coefficient (Wildman–Crippen LogP) is 2.96. The normalized spacial score (nSPS) is 11.3. The van der Waals surface area contributed by atoms with Crippen molar-refractivity contribution >= 4 is 5.69 Å². The Balaban J connectivity index is 1.99. The lowest BCUT2D eigenvalue weighted by Gasteiger charge is -2.13. The van der Waals surface area contributed by atoms with Crippen molar-refractivity contribution in [3.8, 4) is 5.75 Å². The van der Waals surface area contributed by atoms with E-state index < -0.39 is 12.8 Å².